The van der Waals surface area contributed by atoms with E-state index in [1.165, 1.54) is 6.08 Å². The van der Waals surface area contributed by atoms with Crippen LogP contribution in [0.4, 0.5) is 0 Å². The molecule has 1 saturated carbocycles. The molecule has 1 aromatic heterocycles. The van der Waals surface area contributed by atoms with Gasteiger partial charge in [-0.2, -0.15) is 0 Å². The topological polar surface area (TPSA) is 71.1 Å². The summed E-state index contributed by atoms with van der Waals surface area (Å²) in [5, 5.41) is 6.84. The number of rotatable bonds is 5. The molecule has 3 rings (SSSR count). The van der Waals surface area contributed by atoms with Crippen molar-refractivity contribution in [3.63, 3.8) is 0 Å². The van der Waals surface area contributed by atoms with Crippen molar-refractivity contribution in [1.82, 2.24) is 15.6 Å². The number of carbonyl (C=O) groups is 2. The molecule has 0 aliphatic heterocycles. The van der Waals surface area contributed by atoms with Crippen LogP contribution < -0.4 is 10.6 Å². The van der Waals surface area contributed by atoms with Gasteiger partial charge in [-0.3, -0.25) is 14.6 Å². The van der Waals surface area contributed by atoms with Gasteiger partial charge in [-0.05, 0) is 30.5 Å². The summed E-state index contributed by atoms with van der Waals surface area (Å²) in [7, 11) is 0. The summed E-state index contributed by atoms with van der Waals surface area (Å²) in [6.45, 7) is 3.88. The first-order valence-electron chi connectivity index (χ1n) is 7.70. The number of nitrogens with zero attached hydrogens (tertiary/aromatic N) is 1. The lowest BCUT2D eigenvalue weighted by molar-refractivity contribution is -0.129. The molecule has 118 valence electrons. The van der Waals surface area contributed by atoms with Gasteiger partial charge in [0.1, 0.15) is 0 Å². The van der Waals surface area contributed by atoms with Crippen LogP contribution in [0.3, 0.4) is 0 Å². The van der Waals surface area contributed by atoms with Crippen molar-refractivity contribution in [3.05, 3.63) is 54.7 Å². The zero-order valence-corrected chi connectivity index (χ0v) is 12.8. The van der Waals surface area contributed by atoms with Crippen molar-refractivity contribution >= 4 is 22.7 Å². The van der Waals surface area contributed by atoms with E-state index in [1.807, 2.05) is 30.3 Å². The summed E-state index contributed by atoms with van der Waals surface area (Å²) in [5.74, 6) is -0.189. The lowest BCUT2D eigenvalue weighted by atomic mass is 9.79. The first-order valence-corrected chi connectivity index (χ1v) is 7.70. The minimum Gasteiger partial charge on any atom is -0.352 e. The van der Waals surface area contributed by atoms with Gasteiger partial charge in [0.15, 0.2) is 0 Å². The molecule has 1 heterocycles. The predicted molar refractivity (Wildman–Crippen MR) is 88.4 cm³/mol. The molecule has 2 amide bonds. The number of hydrogen-bond donors (Lipinski definition) is 2. The zero-order chi connectivity index (χ0) is 16.2. The highest BCUT2D eigenvalue weighted by atomic mass is 16.2. The van der Waals surface area contributed by atoms with E-state index in [2.05, 4.69) is 22.2 Å². The third-order valence-corrected chi connectivity index (χ3v) is 4.21. The summed E-state index contributed by atoms with van der Waals surface area (Å²) < 4.78 is 0. The Kier molecular flexibility index (Phi) is 4.37. The minimum atomic E-state index is -0.185. The Bertz CT molecular complexity index is 746. The van der Waals surface area contributed by atoms with Crippen molar-refractivity contribution in [3.8, 4) is 0 Å². The molecule has 2 N–H and O–H groups in total. The molecule has 0 spiro atoms. The number of fused-ring (bicyclic) bond motifs is 1. The maximum absolute atomic E-state index is 12.2. The van der Waals surface area contributed by atoms with E-state index >= 15 is 0 Å². The predicted octanol–water partition coefficient (Wildman–Crippen LogP) is 1.93. The van der Waals surface area contributed by atoms with Crippen LogP contribution in [0.2, 0.25) is 0 Å². The van der Waals surface area contributed by atoms with Crippen molar-refractivity contribution in [1.29, 1.82) is 0 Å². The summed E-state index contributed by atoms with van der Waals surface area (Å²) in [6.07, 6.45) is 4.37. The van der Waals surface area contributed by atoms with E-state index in [1.54, 1.807) is 6.20 Å². The van der Waals surface area contributed by atoms with Gasteiger partial charge >= 0.3 is 0 Å². The van der Waals surface area contributed by atoms with Crippen LogP contribution in [0.5, 0.6) is 0 Å². The first-order chi connectivity index (χ1) is 11.2. The normalized spacial score (nSPS) is 19.7. The minimum absolute atomic E-state index is 0.0297. The molecule has 5 heteroatoms. The fourth-order valence-corrected chi connectivity index (χ4v) is 2.85. The van der Waals surface area contributed by atoms with Crippen LogP contribution in [0.1, 0.15) is 18.4 Å². The quantitative estimate of drug-likeness (QED) is 0.829. The monoisotopic (exact) mass is 309 g/mol. The number of para-hydroxylation sites is 1. The molecular weight excluding hydrogens is 290 g/mol. The van der Waals surface area contributed by atoms with Crippen LogP contribution in [-0.4, -0.2) is 22.8 Å². The van der Waals surface area contributed by atoms with E-state index in [0.717, 1.165) is 16.5 Å². The molecule has 0 radical (unpaired) electrons. The Labute approximate surface area is 134 Å². The summed E-state index contributed by atoms with van der Waals surface area (Å²) >= 11 is 0. The average Bonchev–Trinajstić information content (AvgIpc) is 2.55. The standard InChI is InChI=1S/C18H19N3O2/c1-2-16(22)21-15-9-14(10-15)18(23)20-11-13-6-3-5-12-7-4-8-19-17(12)13/h2-8,14-15H,1,9-11H2,(H,20,23)(H,21,22). The summed E-state index contributed by atoms with van der Waals surface area (Å²) in [5.41, 5.74) is 1.92. The van der Waals surface area contributed by atoms with E-state index in [-0.39, 0.29) is 23.8 Å². The Morgan fingerprint density at radius 3 is 2.83 bits per heavy atom. The number of carbonyl (C=O) groups excluding carboxylic acids is 2. The third kappa shape index (κ3) is 3.39. The largest absolute Gasteiger partial charge is 0.352 e. The van der Waals surface area contributed by atoms with Crippen molar-refractivity contribution in [2.24, 2.45) is 5.92 Å². The molecule has 1 fully saturated rings. The second-order valence-electron chi connectivity index (χ2n) is 5.79. The molecule has 0 atom stereocenters. The van der Waals surface area contributed by atoms with Gasteiger partial charge in [0.25, 0.3) is 0 Å². The highest BCUT2D eigenvalue weighted by Gasteiger charge is 2.34. The van der Waals surface area contributed by atoms with Gasteiger partial charge in [-0.15, -0.1) is 0 Å². The summed E-state index contributed by atoms with van der Waals surface area (Å²) in [4.78, 5) is 27.7. The van der Waals surface area contributed by atoms with Crippen LogP contribution in [0.25, 0.3) is 10.9 Å². The van der Waals surface area contributed by atoms with Gasteiger partial charge in [-0.25, -0.2) is 0 Å². The van der Waals surface area contributed by atoms with Crippen LogP contribution in [0.15, 0.2) is 49.2 Å². The number of pyridine rings is 1. The Morgan fingerprint density at radius 1 is 1.26 bits per heavy atom. The second kappa shape index (κ2) is 6.60. The Hall–Kier alpha value is -2.69. The highest BCUT2D eigenvalue weighted by molar-refractivity contribution is 5.88. The van der Waals surface area contributed by atoms with Crippen molar-refractivity contribution in [2.45, 2.75) is 25.4 Å². The molecule has 2 aromatic rings. The van der Waals surface area contributed by atoms with E-state index in [4.69, 9.17) is 0 Å². The number of nitrogens with one attached hydrogen (secondary N) is 2. The number of amides is 2. The average molecular weight is 309 g/mol. The van der Waals surface area contributed by atoms with Crippen LogP contribution in [0, 0.1) is 5.92 Å². The van der Waals surface area contributed by atoms with E-state index in [0.29, 0.717) is 19.4 Å². The molecule has 1 aromatic carbocycles. The van der Waals surface area contributed by atoms with Gasteiger partial charge in [0.2, 0.25) is 11.8 Å². The highest BCUT2D eigenvalue weighted by Crippen LogP contribution is 2.27. The fraction of sp³-hybridized carbons (Fsp3) is 0.278. The number of benzene rings is 1. The van der Waals surface area contributed by atoms with Gasteiger partial charge in [0, 0.05) is 30.1 Å². The smallest absolute Gasteiger partial charge is 0.243 e. The molecule has 0 unspecified atom stereocenters. The molecule has 1 aliphatic carbocycles. The van der Waals surface area contributed by atoms with E-state index < -0.39 is 0 Å². The zero-order valence-electron chi connectivity index (χ0n) is 12.8. The van der Waals surface area contributed by atoms with Crippen LogP contribution in [-0.2, 0) is 16.1 Å². The van der Waals surface area contributed by atoms with Crippen molar-refractivity contribution < 1.29 is 9.59 Å². The molecule has 1 aliphatic rings. The van der Waals surface area contributed by atoms with Crippen molar-refractivity contribution in [2.75, 3.05) is 0 Å². The second-order valence-corrected chi connectivity index (χ2v) is 5.79. The third-order valence-electron chi connectivity index (χ3n) is 4.21. The molecule has 0 bridgehead atoms. The fourth-order valence-electron chi connectivity index (χ4n) is 2.85. The van der Waals surface area contributed by atoms with E-state index in [9.17, 15) is 9.59 Å². The van der Waals surface area contributed by atoms with Gasteiger partial charge < -0.3 is 10.6 Å². The number of hydrogen-bond acceptors (Lipinski definition) is 3. The SMILES string of the molecule is C=CC(=O)NC1CC(C(=O)NCc2cccc3cccnc23)C1. The van der Waals surface area contributed by atoms with Crippen LogP contribution >= 0.6 is 0 Å². The molecule has 0 saturated heterocycles. The lowest BCUT2D eigenvalue weighted by Gasteiger charge is -2.34. The Balaban J connectivity index is 1.54. The molecule has 23 heavy (non-hydrogen) atoms. The Morgan fingerprint density at radius 2 is 2.04 bits per heavy atom. The maximum atomic E-state index is 12.2. The summed E-state index contributed by atoms with van der Waals surface area (Å²) in [6, 6.07) is 9.94. The lowest BCUT2D eigenvalue weighted by Crippen LogP contribution is -2.48. The number of aromatic nitrogens is 1. The van der Waals surface area contributed by atoms with Gasteiger partial charge in [0.05, 0.1) is 5.52 Å². The van der Waals surface area contributed by atoms with Gasteiger partial charge in [-0.1, -0.05) is 30.8 Å². The maximum Gasteiger partial charge on any atom is 0.243 e. The molecular formula is C18H19N3O2. The first kappa shape index (κ1) is 15.2. The molecule has 5 nitrogen and oxygen atoms in total.